The summed E-state index contributed by atoms with van der Waals surface area (Å²) in [5.41, 5.74) is -3.11. The van der Waals surface area contributed by atoms with Gasteiger partial charge in [-0.15, -0.1) is 0 Å². The monoisotopic (exact) mass is 604 g/mol. The average molecular weight is 605 g/mol. The summed E-state index contributed by atoms with van der Waals surface area (Å²) in [7, 11) is -3.36. The molecule has 15 heteroatoms. The maximum atomic E-state index is 14.4. The molecule has 1 atom stereocenters. The first-order valence-corrected chi connectivity index (χ1v) is 13.9. The number of carbonyl (C=O) groups is 1. The molecule has 1 saturated heterocycles. The Morgan fingerprint density at radius 1 is 1.15 bits per heavy atom. The van der Waals surface area contributed by atoms with Crippen LogP contribution < -0.4 is 5.32 Å². The molecular formula is C24H18Cl2F4N4O4S. The topological polar surface area (TPSA) is 101 Å². The number of pyridine rings is 1. The minimum absolute atomic E-state index is 0.0742. The third kappa shape index (κ3) is 4.81. The molecule has 3 aromatic rings. The van der Waals surface area contributed by atoms with E-state index in [1.807, 2.05) is 0 Å². The summed E-state index contributed by atoms with van der Waals surface area (Å²) in [6.07, 6.45) is -1.88. The van der Waals surface area contributed by atoms with Crippen LogP contribution in [0.25, 0.3) is 10.8 Å². The van der Waals surface area contributed by atoms with E-state index in [0.29, 0.717) is 10.8 Å². The number of nitrogens with one attached hydrogen (secondary N) is 1. The Kier molecular flexibility index (Phi) is 6.77. The van der Waals surface area contributed by atoms with Crippen LogP contribution in [0.2, 0.25) is 10.0 Å². The van der Waals surface area contributed by atoms with Crippen LogP contribution in [-0.2, 0) is 20.5 Å². The number of fused-ring (bicyclic) bond motifs is 1. The number of halogens is 6. The molecule has 1 aromatic heterocycles. The second kappa shape index (κ2) is 9.58. The maximum Gasteiger partial charge on any atom is 0.435 e. The minimum atomic E-state index is -4.98. The Bertz CT molecular complexity index is 1620. The summed E-state index contributed by atoms with van der Waals surface area (Å²) in [4.78, 5) is 22.1. The number of hydrogen-bond acceptors (Lipinski definition) is 6. The largest absolute Gasteiger partial charge is 0.435 e. The molecule has 2 aliphatic heterocycles. The van der Waals surface area contributed by atoms with Crippen LogP contribution in [0.5, 0.6) is 0 Å². The molecule has 5 rings (SSSR count). The number of alkyl halides is 3. The summed E-state index contributed by atoms with van der Waals surface area (Å²) >= 11 is 11.5. The van der Waals surface area contributed by atoms with E-state index in [1.165, 1.54) is 34.9 Å². The fourth-order valence-corrected chi connectivity index (χ4v) is 5.93. The normalized spacial score (nSPS) is 20.4. The lowest BCUT2D eigenvalue weighted by Gasteiger charge is -2.37. The minimum Gasteiger partial charge on any atom is -0.374 e. The van der Waals surface area contributed by atoms with Crippen molar-refractivity contribution in [3.63, 3.8) is 0 Å². The lowest BCUT2D eigenvalue weighted by Crippen LogP contribution is -2.60. The highest BCUT2D eigenvalue weighted by atomic mass is 35.5. The van der Waals surface area contributed by atoms with Crippen molar-refractivity contribution < 1.29 is 35.6 Å². The van der Waals surface area contributed by atoms with Gasteiger partial charge >= 0.3 is 6.18 Å². The number of carbonyl (C=O) groups excluding carboxylic acids is 1. The Hall–Kier alpha value is -3.00. The lowest BCUT2D eigenvalue weighted by atomic mass is 9.85. The number of sulfonamides is 1. The summed E-state index contributed by atoms with van der Waals surface area (Å²) in [6.45, 7) is 0.258. The van der Waals surface area contributed by atoms with Gasteiger partial charge < -0.3 is 10.2 Å². The molecule has 206 valence electrons. The Morgan fingerprint density at radius 2 is 1.82 bits per heavy atom. The molecule has 3 heterocycles. The van der Waals surface area contributed by atoms with Crippen LogP contribution in [0.3, 0.4) is 0 Å². The molecule has 0 bridgehead atoms. The summed E-state index contributed by atoms with van der Waals surface area (Å²) in [5.74, 6) is -1.56. The van der Waals surface area contributed by atoms with Gasteiger partial charge in [-0.05, 0) is 29.7 Å². The Morgan fingerprint density at radius 3 is 2.44 bits per heavy atom. The van der Waals surface area contributed by atoms with Crippen molar-refractivity contribution in [2.24, 2.45) is 5.16 Å². The van der Waals surface area contributed by atoms with Crippen molar-refractivity contribution in [3.05, 3.63) is 75.3 Å². The molecule has 1 fully saturated rings. The molecule has 39 heavy (non-hydrogen) atoms. The van der Waals surface area contributed by atoms with Gasteiger partial charge in [-0.25, -0.2) is 12.8 Å². The second-order valence-electron chi connectivity index (χ2n) is 9.22. The SMILES string of the molecule is CS(=O)(=O)N1CC(NC(=O)c2ccc(C3=NOC(c4cc(Cl)c(F)c(Cl)c4)(C(F)(F)F)C3)c3ccncc23)C1. The fourth-order valence-electron chi connectivity index (χ4n) is 4.54. The standard InChI is InChI=1S/C24H18Cl2F4N4O4S/c1-39(36,37)34-10-13(11-34)32-22(35)16-3-2-15(14-4-5-31-9-17(14)16)20-8-23(38-33-20,24(28,29)30)12-6-18(25)21(27)19(26)7-12/h2-7,9,13H,8,10-11H2,1H3,(H,32,35). The van der Waals surface area contributed by atoms with Gasteiger partial charge in [0.05, 0.1) is 28.1 Å². The summed E-state index contributed by atoms with van der Waals surface area (Å²) < 4.78 is 81.6. The molecular weight excluding hydrogens is 587 g/mol. The fraction of sp³-hybridized carbons (Fsp3) is 0.292. The van der Waals surface area contributed by atoms with E-state index in [2.05, 4.69) is 15.5 Å². The number of benzene rings is 2. The van der Waals surface area contributed by atoms with E-state index in [9.17, 15) is 30.8 Å². The molecule has 2 aliphatic rings. The van der Waals surface area contributed by atoms with E-state index in [0.717, 1.165) is 18.4 Å². The van der Waals surface area contributed by atoms with Crippen molar-refractivity contribution in [1.82, 2.24) is 14.6 Å². The van der Waals surface area contributed by atoms with Gasteiger partial charge in [0.15, 0.2) is 5.82 Å². The zero-order valence-electron chi connectivity index (χ0n) is 19.9. The number of nitrogens with zero attached hydrogens (tertiary/aromatic N) is 3. The van der Waals surface area contributed by atoms with Crippen LogP contribution in [0.4, 0.5) is 17.6 Å². The molecule has 0 radical (unpaired) electrons. The van der Waals surface area contributed by atoms with Gasteiger partial charge in [-0.3, -0.25) is 9.78 Å². The molecule has 0 saturated carbocycles. The van der Waals surface area contributed by atoms with E-state index in [4.69, 9.17) is 28.0 Å². The van der Waals surface area contributed by atoms with E-state index >= 15 is 0 Å². The van der Waals surface area contributed by atoms with Crippen LogP contribution in [0, 0.1) is 5.82 Å². The van der Waals surface area contributed by atoms with E-state index in [-0.39, 0.29) is 29.9 Å². The first-order chi connectivity index (χ1) is 18.2. The van der Waals surface area contributed by atoms with Crippen molar-refractivity contribution in [2.45, 2.75) is 24.2 Å². The maximum absolute atomic E-state index is 14.4. The van der Waals surface area contributed by atoms with Crippen LogP contribution >= 0.6 is 23.2 Å². The van der Waals surface area contributed by atoms with E-state index < -0.39 is 61.6 Å². The zero-order valence-corrected chi connectivity index (χ0v) is 22.2. The highest BCUT2D eigenvalue weighted by Gasteiger charge is 2.62. The van der Waals surface area contributed by atoms with Gasteiger partial charge in [-0.1, -0.05) is 34.4 Å². The van der Waals surface area contributed by atoms with Crippen molar-refractivity contribution in [2.75, 3.05) is 19.3 Å². The Labute approximate surface area is 229 Å². The summed E-state index contributed by atoms with van der Waals surface area (Å²) in [5, 5.41) is 6.02. The lowest BCUT2D eigenvalue weighted by molar-refractivity contribution is -0.275. The summed E-state index contributed by atoms with van der Waals surface area (Å²) in [6, 6.07) is 5.60. The zero-order chi connectivity index (χ0) is 28.3. The van der Waals surface area contributed by atoms with Crippen LogP contribution in [0.15, 0.2) is 47.9 Å². The third-order valence-corrected chi connectivity index (χ3v) is 8.45. The second-order valence-corrected chi connectivity index (χ2v) is 12.0. The third-order valence-electron chi connectivity index (χ3n) is 6.66. The molecule has 0 spiro atoms. The van der Waals surface area contributed by atoms with Crippen LogP contribution in [0.1, 0.15) is 27.9 Å². The highest BCUT2D eigenvalue weighted by molar-refractivity contribution is 7.88. The molecule has 8 nitrogen and oxygen atoms in total. The number of aromatic nitrogens is 1. The van der Waals surface area contributed by atoms with Crippen molar-refractivity contribution in [1.29, 1.82) is 0 Å². The van der Waals surface area contributed by atoms with Crippen molar-refractivity contribution >= 4 is 55.6 Å². The van der Waals surface area contributed by atoms with E-state index in [1.54, 1.807) is 0 Å². The predicted molar refractivity (Wildman–Crippen MR) is 136 cm³/mol. The number of rotatable bonds is 5. The van der Waals surface area contributed by atoms with Crippen LogP contribution in [-0.4, -0.2) is 60.9 Å². The smallest absolute Gasteiger partial charge is 0.374 e. The molecule has 1 unspecified atom stereocenters. The quantitative estimate of drug-likeness (QED) is 0.338. The van der Waals surface area contributed by atoms with Crippen molar-refractivity contribution in [3.8, 4) is 0 Å². The number of oxime groups is 1. The number of hydrogen-bond donors (Lipinski definition) is 1. The van der Waals surface area contributed by atoms with Gasteiger partial charge in [0.25, 0.3) is 11.5 Å². The predicted octanol–water partition coefficient (Wildman–Crippen LogP) is 4.64. The van der Waals surface area contributed by atoms with Gasteiger partial charge in [0.1, 0.15) is 0 Å². The van der Waals surface area contributed by atoms with Gasteiger partial charge in [0.2, 0.25) is 10.0 Å². The molecule has 1 amide bonds. The first kappa shape index (κ1) is 27.6. The number of amides is 1. The van der Waals surface area contributed by atoms with Gasteiger partial charge in [0, 0.05) is 54.0 Å². The highest BCUT2D eigenvalue weighted by Crippen LogP contribution is 2.50. The average Bonchev–Trinajstić information content (AvgIpc) is 3.29. The molecule has 2 aromatic carbocycles. The Balaban J connectivity index is 1.47. The molecule has 0 aliphatic carbocycles. The molecule has 1 N–H and O–H groups in total. The first-order valence-electron chi connectivity index (χ1n) is 11.3. The van der Waals surface area contributed by atoms with Gasteiger partial charge in [-0.2, -0.15) is 17.5 Å².